The third-order valence-electron chi connectivity index (χ3n) is 3.78. The predicted octanol–water partition coefficient (Wildman–Crippen LogP) is 3.02. The van der Waals surface area contributed by atoms with Crippen LogP contribution in [0.2, 0.25) is 0 Å². The minimum atomic E-state index is -0.442. The molecule has 1 aliphatic heterocycles. The quantitative estimate of drug-likeness (QED) is 0.761. The summed E-state index contributed by atoms with van der Waals surface area (Å²) in [5.74, 6) is 1.61. The lowest BCUT2D eigenvalue weighted by atomic mass is 9.91. The van der Waals surface area contributed by atoms with Crippen LogP contribution in [-0.2, 0) is 9.47 Å². The molecule has 2 unspecified atom stereocenters. The van der Waals surface area contributed by atoms with Gasteiger partial charge in [0.2, 0.25) is 0 Å². The molecule has 4 nitrogen and oxygen atoms in total. The first-order chi connectivity index (χ1) is 8.40. The van der Waals surface area contributed by atoms with E-state index in [0.717, 1.165) is 31.2 Å². The first-order valence-electron chi connectivity index (χ1n) is 6.93. The zero-order valence-corrected chi connectivity index (χ0v) is 11.9. The van der Waals surface area contributed by atoms with E-state index in [-0.39, 0.29) is 12.3 Å². The van der Waals surface area contributed by atoms with Crippen molar-refractivity contribution in [2.75, 3.05) is 13.7 Å². The molecule has 0 bridgehead atoms. The number of carbonyl (C=O) groups is 1. The molecule has 0 aromatic carbocycles. The van der Waals surface area contributed by atoms with Crippen LogP contribution in [0.3, 0.4) is 0 Å². The highest BCUT2D eigenvalue weighted by Crippen LogP contribution is 2.43. The average molecular weight is 255 g/mol. The van der Waals surface area contributed by atoms with Crippen LogP contribution in [0.15, 0.2) is 0 Å². The van der Waals surface area contributed by atoms with E-state index in [4.69, 9.17) is 9.47 Å². The lowest BCUT2D eigenvalue weighted by Crippen LogP contribution is -2.49. The molecule has 0 aromatic rings. The zero-order valence-electron chi connectivity index (χ0n) is 11.9. The maximum absolute atomic E-state index is 12.1. The fourth-order valence-corrected chi connectivity index (χ4v) is 2.70. The minimum absolute atomic E-state index is 0.112. The first-order valence-corrected chi connectivity index (χ1v) is 6.93. The predicted molar refractivity (Wildman–Crippen MR) is 69.2 cm³/mol. The van der Waals surface area contributed by atoms with Gasteiger partial charge in [-0.05, 0) is 58.3 Å². The van der Waals surface area contributed by atoms with Crippen molar-refractivity contribution in [3.63, 3.8) is 0 Å². The van der Waals surface area contributed by atoms with Crippen molar-refractivity contribution in [1.29, 1.82) is 0 Å². The van der Waals surface area contributed by atoms with Crippen LogP contribution in [0.4, 0.5) is 4.79 Å². The van der Waals surface area contributed by atoms with E-state index >= 15 is 0 Å². The Labute approximate surface area is 110 Å². The summed E-state index contributed by atoms with van der Waals surface area (Å²) in [5, 5.41) is 0. The number of likely N-dealkylation sites (tertiary alicyclic amines) is 1. The molecule has 1 saturated carbocycles. The smallest absolute Gasteiger partial charge is 0.412 e. The van der Waals surface area contributed by atoms with E-state index in [1.54, 1.807) is 12.0 Å². The summed E-state index contributed by atoms with van der Waals surface area (Å²) < 4.78 is 10.9. The molecular weight excluding hydrogens is 230 g/mol. The lowest BCUT2D eigenvalue weighted by molar-refractivity contribution is -0.0785. The van der Waals surface area contributed by atoms with Crippen molar-refractivity contribution in [2.24, 2.45) is 11.8 Å². The maximum Gasteiger partial charge on any atom is 0.412 e. The van der Waals surface area contributed by atoms with Gasteiger partial charge in [-0.1, -0.05) is 0 Å². The monoisotopic (exact) mass is 255 g/mol. The Kier molecular flexibility index (Phi) is 3.85. The van der Waals surface area contributed by atoms with Gasteiger partial charge in [0, 0.05) is 13.7 Å². The molecule has 18 heavy (non-hydrogen) atoms. The van der Waals surface area contributed by atoms with Gasteiger partial charge in [-0.2, -0.15) is 0 Å². The van der Waals surface area contributed by atoms with Gasteiger partial charge < -0.3 is 9.47 Å². The third kappa shape index (κ3) is 3.37. The van der Waals surface area contributed by atoms with Gasteiger partial charge in [0.05, 0.1) is 0 Å². The minimum Gasteiger partial charge on any atom is -0.444 e. The van der Waals surface area contributed by atoms with E-state index in [1.165, 1.54) is 12.8 Å². The van der Waals surface area contributed by atoms with Gasteiger partial charge in [-0.15, -0.1) is 0 Å². The van der Waals surface area contributed by atoms with Gasteiger partial charge >= 0.3 is 6.09 Å². The fourth-order valence-electron chi connectivity index (χ4n) is 2.70. The normalized spacial score (nSPS) is 29.2. The van der Waals surface area contributed by atoms with Crippen LogP contribution >= 0.6 is 0 Å². The Morgan fingerprint density at radius 3 is 2.33 bits per heavy atom. The van der Waals surface area contributed by atoms with E-state index in [1.807, 2.05) is 20.8 Å². The number of nitrogens with zero attached hydrogens (tertiary/aromatic N) is 1. The molecule has 2 rings (SSSR count). The molecule has 0 aromatic heterocycles. The molecule has 2 fully saturated rings. The van der Waals surface area contributed by atoms with Gasteiger partial charge in [-0.3, -0.25) is 4.90 Å². The molecule has 4 heteroatoms. The molecule has 2 atom stereocenters. The molecular formula is C14H25NO3. The summed E-state index contributed by atoms with van der Waals surface area (Å²) in [4.78, 5) is 13.8. The summed E-state index contributed by atoms with van der Waals surface area (Å²) in [7, 11) is 1.68. The summed E-state index contributed by atoms with van der Waals surface area (Å²) in [5.41, 5.74) is -0.442. The second kappa shape index (κ2) is 5.08. The molecule has 1 saturated heterocycles. The summed E-state index contributed by atoms with van der Waals surface area (Å²) >= 11 is 0. The fraction of sp³-hybridized carbons (Fsp3) is 0.929. The van der Waals surface area contributed by atoms with E-state index in [9.17, 15) is 4.79 Å². The third-order valence-corrected chi connectivity index (χ3v) is 3.78. The average Bonchev–Trinajstić information content (AvgIpc) is 3.09. The van der Waals surface area contributed by atoms with E-state index in [0.29, 0.717) is 0 Å². The molecule has 1 aliphatic carbocycles. The summed E-state index contributed by atoms with van der Waals surface area (Å²) in [6.07, 6.45) is 4.40. The molecule has 0 spiro atoms. The van der Waals surface area contributed by atoms with Crippen LogP contribution in [0, 0.1) is 11.8 Å². The van der Waals surface area contributed by atoms with Crippen molar-refractivity contribution in [2.45, 2.75) is 58.3 Å². The molecule has 1 heterocycles. The Bertz CT molecular complexity index is 307. The topological polar surface area (TPSA) is 38.8 Å². The van der Waals surface area contributed by atoms with E-state index in [2.05, 4.69) is 0 Å². The summed E-state index contributed by atoms with van der Waals surface area (Å²) in [6, 6.07) is 0. The van der Waals surface area contributed by atoms with Crippen LogP contribution in [0.25, 0.3) is 0 Å². The number of amides is 1. The number of hydrogen-bond donors (Lipinski definition) is 0. The SMILES string of the molecule is COC1CC(C2CC2)CCN1C(=O)OC(C)(C)C. The number of ether oxygens (including phenoxy) is 2. The Balaban J connectivity index is 1.93. The second-order valence-electron chi connectivity index (χ2n) is 6.49. The van der Waals surface area contributed by atoms with Gasteiger partial charge in [-0.25, -0.2) is 4.79 Å². The number of hydrogen-bond acceptors (Lipinski definition) is 3. The van der Waals surface area contributed by atoms with Crippen LogP contribution in [-0.4, -0.2) is 36.5 Å². The Hall–Kier alpha value is -0.770. The Morgan fingerprint density at radius 2 is 1.83 bits per heavy atom. The first kappa shape index (κ1) is 13.7. The van der Waals surface area contributed by atoms with Crippen molar-refractivity contribution in [3.05, 3.63) is 0 Å². The number of carbonyl (C=O) groups excluding carboxylic acids is 1. The molecule has 0 N–H and O–H groups in total. The number of rotatable bonds is 2. The molecule has 104 valence electrons. The highest BCUT2D eigenvalue weighted by molar-refractivity contribution is 5.68. The highest BCUT2D eigenvalue weighted by Gasteiger charge is 2.40. The number of piperidine rings is 1. The highest BCUT2D eigenvalue weighted by atomic mass is 16.6. The Morgan fingerprint density at radius 1 is 1.17 bits per heavy atom. The van der Waals surface area contributed by atoms with Gasteiger partial charge in [0.25, 0.3) is 0 Å². The van der Waals surface area contributed by atoms with Crippen molar-refractivity contribution in [1.82, 2.24) is 4.90 Å². The van der Waals surface area contributed by atoms with Crippen molar-refractivity contribution in [3.8, 4) is 0 Å². The van der Waals surface area contributed by atoms with Gasteiger partial charge in [0.1, 0.15) is 11.8 Å². The molecule has 0 radical (unpaired) electrons. The number of methoxy groups -OCH3 is 1. The zero-order chi connectivity index (χ0) is 13.3. The standard InChI is InChI=1S/C14H25NO3/c1-14(2,3)18-13(16)15-8-7-11(10-5-6-10)9-12(15)17-4/h10-12H,5-9H2,1-4H3. The summed E-state index contributed by atoms with van der Waals surface area (Å²) in [6.45, 7) is 6.44. The maximum atomic E-state index is 12.1. The van der Waals surface area contributed by atoms with Crippen molar-refractivity contribution >= 4 is 6.09 Å². The van der Waals surface area contributed by atoms with Gasteiger partial charge in [0.15, 0.2) is 0 Å². The van der Waals surface area contributed by atoms with Crippen LogP contribution < -0.4 is 0 Å². The second-order valence-corrected chi connectivity index (χ2v) is 6.49. The van der Waals surface area contributed by atoms with Crippen LogP contribution in [0.1, 0.15) is 46.5 Å². The largest absolute Gasteiger partial charge is 0.444 e. The molecule has 2 aliphatic rings. The van der Waals surface area contributed by atoms with E-state index < -0.39 is 5.60 Å². The molecule has 1 amide bonds. The van der Waals surface area contributed by atoms with Crippen molar-refractivity contribution < 1.29 is 14.3 Å². The lowest BCUT2D eigenvalue weighted by Gasteiger charge is -2.39. The van der Waals surface area contributed by atoms with Crippen LogP contribution in [0.5, 0.6) is 0 Å².